The summed E-state index contributed by atoms with van der Waals surface area (Å²) in [6.07, 6.45) is 0. The first-order valence-corrected chi connectivity index (χ1v) is 5.27. The number of aromatic nitrogens is 3. The van der Waals surface area contributed by atoms with E-state index in [1.54, 1.807) is 11.3 Å². The molecule has 0 aliphatic heterocycles. The number of hydrogen-bond donors (Lipinski definition) is 0. The van der Waals surface area contributed by atoms with Gasteiger partial charge in [0.2, 0.25) is 5.78 Å². The molecule has 0 atom stereocenters. The maximum absolute atomic E-state index is 12.1. The maximum Gasteiger partial charge on any atom is 0.262 e. The second-order valence-electron chi connectivity index (χ2n) is 4.17. The van der Waals surface area contributed by atoms with Gasteiger partial charge in [0, 0.05) is 22.6 Å². The van der Waals surface area contributed by atoms with Gasteiger partial charge in [0.1, 0.15) is 0 Å². The van der Waals surface area contributed by atoms with Gasteiger partial charge in [-0.2, -0.15) is 0 Å². The number of nitrogens with zero attached hydrogens (tertiary/aromatic N) is 3. The first-order chi connectivity index (χ1) is 7.43. The average Bonchev–Trinajstić information content (AvgIpc) is 2.23. The van der Waals surface area contributed by atoms with Crippen molar-refractivity contribution >= 4 is 5.78 Å². The zero-order chi connectivity index (χ0) is 12.0. The standard InChI is InChI=1S/C12H15N3O/c1-6-8(3)13-12-14-9(4)7(2)11(16)15(12)10(6)5/h1-5H3. The molecule has 2 heterocycles. The van der Waals surface area contributed by atoms with E-state index in [0.29, 0.717) is 11.3 Å². The summed E-state index contributed by atoms with van der Waals surface area (Å²) in [5.41, 5.74) is 4.30. The highest BCUT2D eigenvalue weighted by Crippen LogP contribution is 2.11. The number of fused-ring (bicyclic) bond motifs is 1. The quantitative estimate of drug-likeness (QED) is 0.674. The molecule has 2 rings (SSSR count). The Morgan fingerprint density at radius 1 is 0.875 bits per heavy atom. The highest BCUT2D eigenvalue weighted by Gasteiger charge is 2.11. The van der Waals surface area contributed by atoms with Gasteiger partial charge in [-0.1, -0.05) is 0 Å². The lowest BCUT2D eigenvalue weighted by Gasteiger charge is -2.11. The molecule has 0 radical (unpaired) electrons. The Labute approximate surface area is 94.0 Å². The fourth-order valence-electron chi connectivity index (χ4n) is 1.74. The van der Waals surface area contributed by atoms with Crippen LogP contribution in [0.1, 0.15) is 28.2 Å². The Hall–Kier alpha value is -1.71. The van der Waals surface area contributed by atoms with Gasteiger partial charge in [0.05, 0.1) is 0 Å². The zero-order valence-electron chi connectivity index (χ0n) is 10.2. The summed E-state index contributed by atoms with van der Waals surface area (Å²) < 4.78 is 1.59. The van der Waals surface area contributed by atoms with Gasteiger partial charge >= 0.3 is 0 Å². The minimum atomic E-state index is -0.0180. The van der Waals surface area contributed by atoms with E-state index in [0.717, 1.165) is 22.6 Å². The first-order valence-electron chi connectivity index (χ1n) is 5.27. The van der Waals surface area contributed by atoms with Gasteiger partial charge in [0.25, 0.3) is 5.56 Å². The van der Waals surface area contributed by atoms with Crippen molar-refractivity contribution in [2.75, 3.05) is 0 Å². The lowest BCUT2D eigenvalue weighted by Crippen LogP contribution is -2.23. The van der Waals surface area contributed by atoms with Gasteiger partial charge in [0.15, 0.2) is 0 Å². The third kappa shape index (κ3) is 1.33. The van der Waals surface area contributed by atoms with E-state index in [-0.39, 0.29) is 5.56 Å². The van der Waals surface area contributed by atoms with Crippen LogP contribution in [0.4, 0.5) is 0 Å². The maximum atomic E-state index is 12.1. The predicted molar refractivity (Wildman–Crippen MR) is 62.9 cm³/mol. The smallest absolute Gasteiger partial charge is 0.262 e. The summed E-state index contributed by atoms with van der Waals surface area (Å²) in [5, 5.41) is 0. The van der Waals surface area contributed by atoms with Crippen LogP contribution in [0, 0.1) is 34.6 Å². The number of aryl methyl sites for hydroxylation is 3. The molecule has 2 aromatic heterocycles. The van der Waals surface area contributed by atoms with Crippen molar-refractivity contribution in [1.29, 1.82) is 0 Å². The van der Waals surface area contributed by atoms with E-state index in [4.69, 9.17) is 0 Å². The predicted octanol–water partition coefficient (Wildman–Crippen LogP) is 1.63. The first kappa shape index (κ1) is 10.8. The van der Waals surface area contributed by atoms with Crippen molar-refractivity contribution in [3.05, 3.63) is 38.6 Å². The van der Waals surface area contributed by atoms with Crippen molar-refractivity contribution < 1.29 is 0 Å². The van der Waals surface area contributed by atoms with E-state index in [2.05, 4.69) is 9.97 Å². The van der Waals surface area contributed by atoms with Crippen LogP contribution in [0.5, 0.6) is 0 Å². The Balaban J connectivity index is 3.10. The zero-order valence-corrected chi connectivity index (χ0v) is 10.2. The van der Waals surface area contributed by atoms with Crippen LogP contribution in [0.15, 0.2) is 4.79 Å². The SMILES string of the molecule is Cc1nc2nc(C)c(C)c(=O)n2c(C)c1C. The van der Waals surface area contributed by atoms with Gasteiger partial charge < -0.3 is 0 Å². The van der Waals surface area contributed by atoms with Crippen LogP contribution < -0.4 is 5.56 Å². The van der Waals surface area contributed by atoms with Crippen molar-refractivity contribution in [1.82, 2.24) is 14.4 Å². The van der Waals surface area contributed by atoms with Gasteiger partial charge in [-0.05, 0) is 40.2 Å². The van der Waals surface area contributed by atoms with Crippen LogP contribution in [0.3, 0.4) is 0 Å². The third-order valence-electron chi connectivity index (χ3n) is 3.22. The monoisotopic (exact) mass is 217 g/mol. The van der Waals surface area contributed by atoms with E-state index in [1.165, 1.54) is 0 Å². The van der Waals surface area contributed by atoms with Crippen LogP contribution in [0.2, 0.25) is 0 Å². The van der Waals surface area contributed by atoms with Gasteiger partial charge in [-0.15, -0.1) is 0 Å². The van der Waals surface area contributed by atoms with Crippen LogP contribution in [-0.4, -0.2) is 14.4 Å². The summed E-state index contributed by atoms with van der Waals surface area (Å²) in [5.74, 6) is 0.494. The number of rotatable bonds is 0. The van der Waals surface area contributed by atoms with Crippen molar-refractivity contribution in [3.63, 3.8) is 0 Å². The molecule has 0 saturated carbocycles. The molecule has 0 aliphatic carbocycles. The average molecular weight is 217 g/mol. The lowest BCUT2D eigenvalue weighted by molar-refractivity contribution is 0.885. The Morgan fingerprint density at radius 2 is 1.38 bits per heavy atom. The molecule has 0 unspecified atom stereocenters. The molecule has 2 aromatic rings. The van der Waals surface area contributed by atoms with Crippen LogP contribution in [-0.2, 0) is 0 Å². The third-order valence-corrected chi connectivity index (χ3v) is 3.22. The fourth-order valence-corrected chi connectivity index (χ4v) is 1.74. The second kappa shape index (κ2) is 3.40. The summed E-state index contributed by atoms with van der Waals surface area (Å²) >= 11 is 0. The molecular formula is C12H15N3O. The molecule has 0 N–H and O–H groups in total. The van der Waals surface area contributed by atoms with Crippen molar-refractivity contribution in [3.8, 4) is 0 Å². The summed E-state index contributed by atoms with van der Waals surface area (Å²) in [4.78, 5) is 20.8. The molecule has 0 aliphatic rings. The van der Waals surface area contributed by atoms with Crippen molar-refractivity contribution in [2.24, 2.45) is 0 Å². The number of hydrogen-bond acceptors (Lipinski definition) is 3. The minimum absolute atomic E-state index is 0.0180. The largest absolute Gasteiger partial charge is 0.269 e. The Bertz CT molecular complexity index is 636. The van der Waals surface area contributed by atoms with E-state index in [9.17, 15) is 4.79 Å². The molecule has 4 nitrogen and oxygen atoms in total. The van der Waals surface area contributed by atoms with E-state index < -0.39 is 0 Å². The van der Waals surface area contributed by atoms with Crippen LogP contribution in [0.25, 0.3) is 5.78 Å². The molecule has 0 bridgehead atoms. The summed E-state index contributed by atoms with van der Waals surface area (Å²) in [7, 11) is 0. The lowest BCUT2D eigenvalue weighted by atomic mass is 10.2. The molecule has 16 heavy (non-hydrogen) atoms. The molecule has 0 spiro atoms. The second-order valence-corrected chi connectivity index (χ2v) is 4.17. The Kier molecular flexibility index (Phi) is 2.30. The molecule has 4 heteroatoms. The van der Waals surface area contributed by atoms with Gasteiger partial charge in [-0.3, -0.25) is 4.79 Å². The summed E-state index contributed by atoms with van der Waals surface area (Å²) in [6, 6.07) is 0. The van der Waals surface area contributed by atoms with E-state index in [1.807, 2.05) is 27.7 Å². The van der Waals surface area contributed by atoms with Gasteiger partial charge in [-0.25, -0.2) is 14.4 Å². The highest BCUT2D eigenvalue weighted by atomic mass is 16.1. The highest BCUT2D eigenvalue weighted by molar-refractivity contribution is 5.39. The van der Waals surface area contributed by atoms with Crippen LogP contribution >= 0.6 is 0 Å². The fraction of sp³-hybridized carbons (Fsp3) is 0.417. The molecule has 0 aromatic carbocycles. The molecular weight excluding hydrogens is 202 g/mol. The topological polar surface area (TPSA) is 47.3 Å². The molecule has 0 saturated heterocycles. The molecule has 84 valence electrons. The normalized spacial score (nSPS) is 11.1. The van der Waals surface area contributed by atoms with Crippen molar-refractivity contribution in [2.45, 2.75) is 34.6 Å². The minimum Gasteiger partial charge on any atom is -0.269 e. The van der Waals surface area contributed by atoms with E-state index >= 15 is 0 Å². The molecule has 0 fully saturated rings. The summed E-state index contributed by atoms with van der Waals surface area (Å²) in [6.45, 7) is 9.46. The molecule has 0 amide bonds. The Morgan fingerprint density at radius 3 is 1.94 bits per heavy atom.